The average molecular weight is 180 g/mol. The Labute approximate surface area is 78.4 Å². The first-order valence-electron chi connectivity index (χ1n) is 4.83. The third-order valence-electron chi connectivity index (χ3n) is 2.81. The SMILES string of the molecule is C[C@@H](c1ccc[nH]1)N1CC[C@H](O)C1. The molecule has 0 amide bonds. The smallest absolute Gasteiger partial charge is 0.0679 e. The Morgan fingerprint density at radius 1 is 1.69 bits per heavy atom. The van der Waals surface area contributed by atoms with E-state index in [-0.39, 0.29) is 6.10 Å². The first-order valence-corrected chi connectivity index (χ1v) is 4.83. The zero-order valence-corrected chi connectivity index (χ0v) is 7.90. The number of aromatic amines is 1. The van der Waals surface area contributed by atoms with Crippen LogP contribution >= 0.6 is 0 Å². The minimum absolute atomic E-state index is 0.127. The molecule has 1 fully saturated rings. The van der Waals surface area contributed by atoms with E-state index in [0.717, 1.165) is 19.5 Å². The molecule has 1 aliphatic heterocycles. The molecular weight excluding hydrogens is 164 g/mol. The van der Waals surface area contributed by atoms with Crippen molar-refractivity contribution in [2.24, 2.45) is 0 Å². The summed E-state index contributed by atoms with van der Waals surface area (Å²) in [6, 6.07) is 4.50. The van der Waals surface area contributed by atoms with Gasteiger partial charge in [-0.15, -0.1) is 0 Å². The Kier molecular flexibility index (Phi) is 2.38. The van der Waals surface area contributed by atoms with Crippen molar-refractivity contribution in [1.29, 1.82) is 0 Å². The minimum Gasteiger partial charge on any atom is -0.392 e. The summed E-state index contributed by atoms with van der Waals surface area (Å²) < 4.78 is 0. The summed E-state index contributed by atoms with van der Waals surface area (Å²) in [6.45, 7) is 3.98. The van der Waals surface area contributed by atoms with Crippen LogP contribution in [-0.4, -0.2) is 34.2 Å². The topological polar surface area (TPSA) is 39.3 Å². The van der Waals surface area contributed by atoms with E-state index in [2.05, 4.69) is 22.9 Å². The quantitative estimate of drug-likeness (QED) is 0.716. The van der Waals surface area contributed by atoms with Crippen LogP contribution in [0.25, 0.3) is 0 Å². The fourth-order valence-electron chi connectivity index (χ4n) is 1.92. The van der Waals surface area contributed by atoms with E-state index in [4.69, 9.17) is 0 Å². The van der Waals surface area contributed by atoms with Crippen molar-refractivity contribution < 1.29 is 5.11 Å². The highest BCUT2D eigenvalue weighted by Crippen LogP contribution is 2.22. The van der Waals surface area contributed by atoms with E-state index in [9.17, 15) is 5.11 Å². The molecule has 2 rings (SSSR count). The van der Waals surface area contributed by atoms with Gasteiger partial charge in [-0.25, -0.2) is 0 Å². The maximum atomic E-state index is 9.39. The maximum absolute atomic E-state index is 9.39. The first-order chi connectivity index (χ1) is 6.27. The summed E-state index contributed by atoms with van der Waals surface area (Å²) in [5.41, 5.74) is 1.23. The fourth-order valence-corrected chi connectivity index (χ4v) is 1.92. The number of aliphatic hydroxyl groups excluding tert-OH is 1. The number of aliphatic hydroxyl groups is 1. The molecule has 1 saturated heterocycles. The summed E-state index contributed by atoms with van der Waals surface area (Å²) in [5.74, 6) is 0. The maximum Gasteiger partial charge on any atom is 0.0679 e. The van der Waals surface area contributed by atoms with Crippen molar-refractivity contribution in [2.45, 2.75) is 25.5 Å². The van der Waals surface area contributed by atoms with Crippen molar-refractivity contribution in [3.63, 3.8) is 0 Å². The van der Waals surface area contributed by atoms with Gasteiger partial charge in [-0.1, -0.05) is 0 Å². The second-order valence-electron chi connectivity index (χ2n) is 3.74. The highest BCUT2D eigenvalue weighted by atomic mass is 16.3. The van der Waals surface area contributed by atoms with Gasteiger partial charge in [0.2, 0.25) is 0 Å². The molecule has 1 aromatic heterocycles. The predicted molar refractivity (Wildman–Crippen MR) is 51.4 cm³/mol. The molecule has 3 heteroatoms. The van der Waals surface area contributed by atoms with Crippen LogP contribution in [0, 0.1) is 0 Å². The van der Waals surface area contributed by atoms with Gasteiger partial charge in [0.05, 0.1) is 6.10 Å². The molecule has 1 aliphatic rings. The molecule has 1 aromatic rings. The van der Waals surface area contributed by atoms with E-state index in [1.807, 2.05) is 12.3 Å². The number of nitrogens with zero attached hydrogens (tertiary/aromatic N) is 1. The number of rotatable bonds is 2. The molecule has 72 valence electrons. The van der Waals surface area contributed by atoms with Gasteiger partial charge in [0.25, 0.3) is 0 Å². The van der Waals surface area contributed by atoms with E-state index in [1.54, 1.807) is 0 Å². The molecule has 0 saturated carbocycles. The van der Waals surface area contributed by atoms with Crippen LogP contribution in [0.3, 0.4) is 0 Å². The number of likely N-dealkylation sites (tertiary alicyclic amines) is 1. The molecule has 0 spiro atoms. The van der Waals surface area contributed by atoms with Gasteiger partial charge >= 0.3 is 0 Å². The molecule has 0 unspecified atom stereocenters. The van der Waals surface area contributed by atoms with E-state index in [1.165, 1.54) is 5.69 Å². The molecule has 2 atom stereocenters. The van der Waals surface area contributed by atoms with Gasteiger partial charge in [0.15, 0.2) is 0 Å². The molecule has 0 aromatic carbocycles. The lowest BCUT2D eigenvalue weighted by molar-refractivity contribution is 0.162. The standard InChI is InChI=1S/C10H16N2O/c1-8(10-3-2-5-11-10)12-6-4-9(13)7-12/h2-3,5,8-9,11,13H,4,6-7H2,1H3/t8-,9-/m0/s1. The van der Waals surface area contributed by atoms with Crippen LogP contribution in [0.1, 0.15) is 25.1 Å². The van der Waals surface area contributed by atoms with Gasteiger partial charge in [-0.2, -0.15) is 0 Å². The number of H-pyrrole nitrogens is 1. The fraction of sp³-hybridized carbons (Fsp3) is 0.600. The third kappa shape index (κ3) is 1.76. The molecule has 0 bridgehead atoms. The number of aromatic nitrogens is 1. The molecule has 13 heavy (non-hydrogen) atoms. The predicted octanol–water partition coefficient (Wildman–Crippen LogP) is 1.14. The van der Waals surface area contributed by atoms with E-state index >= 15 is 0 Å². The number of hydrogen-bond acceptors (Lipinski definition) is 2. The van der Waals surface area contributed by atoms with Crippen LogP contribution in [0.15, 0.2) is 18.3 Å². The monoisotopic (exact) mass is 180 g/mol. The molecule has 3 nitrogen and oxygen atoms in total. The second-order valence-corrected chi connectivity index (χ2v) is 3.74. The van der Waals surface area contributed by atoms with Crippen molar-refractivity contribution in [3.05, 3.63) is 24.0 Å². The van der Waals surface area contributed by atoms with Crippen molar-refractivity contribution in [2.75, 3.05) is 13.1 Å². The van der Waals surface area contributed by atoms with Crippen molar-refractivity contribution in [3.8, 4) is 0 Å². The van der Waals surface area contributed by atoms with Crippen LogP contribution < -0.4 is 0 Å². The third-order valence-corrected chi connectivity index (χ3v) is 2.81. The van der Waals surface area contributed by atoms with Gasteiger partial charge in [-0.3, -0.25) is 4.90 Å². The number of hydrogen-bond donors (Lipinski definition) is 2. The van der Waals surface area contributed by atoms with Crippen molar-refractivity contribution >= 4 is 0 Å². The van der Waals surface area contributed by atoms with Crippen LogP contribution in [0.2, 0.25) is 0 Å². The summed E-state index contributed by atoms with van der Waals surface area (Å²) in [7, 11) is 0. The largest absolute Gasteiger partial charge is 0.392 e. The van der Waals surface area contributed by atoms with Crippen molar-refractivity contribution in [1.82, 2.24) is 9.88 Å². The highest BCUT2D eigenvalue weighted by Gasteiger charge is 2.25. The summed E-state index contributed by atoms with van der Waals surface area (Å²) >= 11 is 0. The van der Waals surface area contributed by atoms with Crippen LogP contribution in [0.5, 0.6) is 0 Å². The Bertz CT molecular complexity index is 258. The summed E-state index contributed by atoms with van der Waals surface area (Å²) in [4.78, 5) is 5.51. The molecule has 0 aliphatic carbocycles. The van der Waals surface area contributed by atoms with Gasteiger partial charge in [0, 0.05) is 31.0 Å². The van der Waals surface area contributed by atoms with Crippen LogP contribution in [0.4, 0.5) is 0 Å². The normalized spacial score (nSPS) is 26.5. The number of nitrogens with one attached hydrogen (secondary N) is 1. The average Bonchev–Trinajstić information content (AvgIpc) is 2.72. The van der Waals surface area contributed by atoms with Gasteiger partial charge in [-0.05, 0) is 25.5 Å². The Morgan fingerprint density at radius 3 is 3.08 bits per heavy atom. The van der Waals surface area contributed by atoms with E-state index in [0.29, 0.717) is 6.04 Å². The first kappa shape index (κ1) is 8.78. The lowest BCUT2D eigenvalue weighted by atomic mass is 10.2. The molecule has 0 radical (unpaired) electrons. The lowest BCUT2D eigenvalue weighted by Gasteiger charge is -2.22. The lowest BCUT2D eigenvalue weighted by Crippen LogP contribution is -2.25. The van der Waals surface area contributed by atoms with Crippen LogP contribution in [-0.2, 0) is 0 Å². The second kappa shape index (κ2) is 3.52. The summed E-state index contributed by atoms with van der Waals surface area (Å²) in [6.07, 6.45) is 2.72. The summed E-state index contributed by atoms with van der Waals surface area (Å²) in [5, 5.41) is 9.39. The van der Waals surface area contributed by atoms with Gasteiger partial charge in [0.1, 0.15) is 0 Å². The zero-order valence-electron chi connectivity index (χ0n) is 7.90. The molecule has 2 heterocycles. The molecular formula is C10H16N2O. The van der Waals surface area contributed by atoms with E-state index < -0.39 is 0 Å². The highest BCUT2D eigenvalue weighted by molar-refractivity contribution is 5.08. The Morgan fingerprint density at radius 2 is 2.54 bits per heavy atom. The Hall–Kier alpha value is -0.800. The van der Waals surface area contributed by atoms with Gasteiger partial charge < -0.3 is 10.1 Å². The molecule has 2 N–H and O–H groups in total. The zero-order chi connectivity index (χ0) is 9.26. The Balaban J connectivity index is 2.02. The minimum atomic E-state index is -0.127. The number of β-amino-alcohol motifs (C(OH)–C–C–N with tert-alkyl or cyclic N) is 1.